The summed E-state index contributed by atoms with van der Waals surface area (Å²) in [6.07, 6.45) is 4.69. The lowest BCUT2D eigenvalue weighted by molar-refractivity contribution is -0.140. The Morgan fingerprint density at radius 2 is 1.83 bits per heavy atom. The molecule has 0 unspecified atom stereocenters. The molecule has 152 valence electrons. The molecule has 0 spiro atoms. The smallest absolute Gasteiger partial charge is 0.307 e. The zero-order valence-electron chi connectivity index (χ0n) is 16.7. The number of halogens is 1. The lowest BCUT2D eigenvalue weighted by Crippen LogP contribution is -2.12. The second-order valence-corrected chi connectivity index (χ2v) is 7.04. The number of carbonyl (C=O) groups excluding carboxylic acids is 1. The summed E-state index contributed by atoms with van der Waals surface area (Å²) in [4.78, 5) is 11.9. The molecule has 1 fully saturated rings. The number of rotatable bonds is 6. The van der Waals surface area contributed by atoms with Crippen molar-refractivity contribution in [2.75, 3.05) is 14.2 Å². The molecule has 5 heteroatoms. The van der Waals surface area contributed by atoms with Crippen LogP contribution in [0.5, 0.6) is 11.5 Å². The third-order valence-electron chi connectivity index (χ3n) is 5.02. The Kier molecular flexibility index (Phi) is 7.13. The molecule has 1 aliphatic carbocycles. The Balaban J connectivity index is 1.89. The molecule has 3 rings (SSSR count). The Bertz CT molecular complexity index is 889. The predicted molar refractivity (Wildman–Crippen MR) is 109 cm³/mol. The molecule has 0 radical (unpaired) electrons. The van der Waals surface area contributed by atoms with Crippen molar-refractivity contribution in [2.45, 2.75) is 44.1 Å². The first kappa shape index (κ1) is 20.7. The van der Waals surface area contributed by atoms with E-state index in [1.807, 2.05) is 18.2 Å². The minimum Gasteiger partial charge on any atom is -0.493 e. The third-order valence-corrected chi connectivity index (χ3v) is 5.02. The molecular weight excluding hydrogens is 371 g/mol. The molecule has 4 nitrogen and oxygen atoms in total. The van der Waals surface area contributed by atoms with Crippen LogP contribution in [0.4, 0.5) is 4.39 Å². The molecule has 1 aliphatic rings. The lowest BCUT2D eigenvalue weighted by Gasteiger charge is -2.18. The quantitative estimate of drug-likeness (QED) is 0.517. The second kappa shape index (κ2) is 9.97. The monoisotopic (exact) mass is 396 g/mol. The van der Waals surface area contributed by atoms with E-state index >= 15 is 0 Å². The van der Waals surface area contributed by atoms with Crippen LogP contribution in [-0.4, -0.2) is 26.3 Å². The van der Waals surface area contributed by atoms with Gasteiger partial charge in [0.15, 0.2) is 11.5 Å². The Morgan fingerprint density at radius 3 is 2.48 bits per heavy atom. The van der Waals surface area contributed by atoms with Gasteiger partial charge in [-0.2, -0.15) is 0 Å². The van der Waals surface area contributed by atoms with Crippen LogP contribution in [0.1, 0.15) is 49.1 Å². The van der Waals surface area contributed by atoms with Gasteiger partial charge in [0.1, 0.15) is 5.82 Å². The Morgan fingerprint density at radius 1 is 1.10 bits per heavy atom. The molecule has 0 aromatic heterocycles. The van der Waals surface area contributed by atoms with Crippen molar-refractivity contribution in [3.8, 4) is 23.3 Å². The van der Waals surface area contributed by atoms with Crippen molar-refractivity contribution >= 4 is 5.97 Å². The molecule has 29 heavy (non-hydrogen) atoms. The average molecular weight is 396 g/mol. The van der Waals surface area contributed by atoms with Gasteiger partial charge in [0.2, 0.25) is 0 Å². The molecule has 0 aliphatic heterocycles. The number of methoxy groups -OCH3 is 2. The average Bonchev–Trinajstić information content (AvgIpc) is 3.25. The van der Waals surface area contributed by atoms with E-state index in [0.29, 0.717) is 17.1 Å². The molecule has 1 saturated carbocycles. The summed E-state index contributed by atoms with van der Waals surface area (Å²) in [5, 5.41) is 0. The van der Waals surface area contributed by atoms with Gasteiger partial charge in [-0.3, -0.25) is 4.79 Å². The Labute approximate surface area is 171 Å². The first-order valence-corrected chi connectivity index (χ1v) is 9.77. The van der Waals surface area contributed by atoms with Crippen molar-refractivity contribution in [1.29, 1.82) is 0 Å². The summed E-state index contributed by atoms with van der Waals surface area (Å²) in [6, 6.07) is 11.6. The highest BCUT2D eigenvalue weighted by Gasteiger charge is 2.21. The van der Waals surface area contributed by atoms with E-state index in [2.05, 4.69) is 11.8 Å². The van der Waals surface area contributed by atoms with Gasteiger partial charge in [0.25, 0.3) is 0 Å². The summed E-state index contributed by atoms with van der Waals surface area (Å²) in [5.41, 5.74) is 1.52. The number of esters is 1. The fraction of sp³-hybridized carbons (Fsp3) is 0.375. The summed E-state index contributed by atoms with van der Waals surface area (Å²) >= 11 is 0. The van der Waals surface area contributed by atoms with Gasteiger partial charge in [0.05, 0.1) is 32.7 Å². The summed E-state index contributed by atoms with van der Waals surface area (Å²) in [6.45, 7) is 0. The van der Waals surface area contributed by atoms with E-state index in [0.717, 1.165) is 18.4 Å². The van der Waals surface area contributed by atoms with Crippen molar-refractivity contribution in [3.63, 3.8) is 0 Å². The van der Waals surface area contributed by atoms with E-state index < -0.39 is 0 Å². The van der Waals surface area contributed by atoms with Crippen LogP contribution in [0.15, 0.2) is 42.5 Å². The molecule has 2 aromatic rings. The van der Waals surface area contributed by atoms with E-state index in [1.165, 1.54) is 32.1 Å². The first-order valence-electron chi connectivity index (χ1n) is 9.77. The maximum atomic E-state index is 13.1. The predicted octanol–water partition coefficient (Wildman–Crippen LogP) is 4.85. The van der Waals surface area contributed by atoms with Crippen molar-refractivity contribution in [3.05, 3.63) is 59.4 Å². The maximum Gasteiger partial charge on any atom is 0.307 e. The van der Waals surface area contributed by atoms with Crippen LogP contribution in [0.25, 0.3) is 0 Å². The fourth-order valence-electron chi connectivity index (χ4n) is 3.39. The highest BCUT2D eigenvalue weighted by atomic mass is 19.1. The van der Waals surface area contributed by atoms with E-state index in [1.54, 1.807) is 19.2 Å². The van der Waals surface area contributed by atoms with Gasteiger partial charge in [-0.15, -0.1) is 0 Å². The third kappa shape index (κ3) is 5.74. The molecule has 1 atom stereocenters. The SMILES string of the molecule is COC(=O)C[C@H](C#Cc1ccc(F)cc1)c1ccc(OC)c(OC2CCCC2)c1. The molecule has 0 bridgehead atoms. The van der Waals surface area contributed by atoms with E-state index in [9.17, 15) is 9.18 Å². The molecule has 0 heterocycles. The summed E-state index contributed by atoms with van der Waals surface area (Å²) in [5.74, 6) is 6.42. The fourth-order valence-corrected chi connectivity index (χ4v) is 3.39. The summed E-state index contributed by atoms with van der Waals surface area (Å²) < 4.78 is 29.6. The lowest BCUT2D eigenvalue weighted by atomic mass is 9.95. The van der Waals surface area contributed by atoms with Crippen molar-refractivity contribution < 1.29 is 23.4 Å². The zero-order valence-corrected chi connectivity index (χ0v) is 16.7. The largest absolute Gasteiger partial charge is 0.493 e. The van der Waals surface area contributed by atoms with Crippen molar-refractivity contribution in [2.24, 2.45) is 0 Å². The van der Waals surface area contributed by atoms with E-state index in [-0.39, 0.29) is 30.2 Å². The maximum absolute atomic E-state index is 13.1. The van der Waals surface area contributed by atoms with Gasteiger partial charge in [-0.25, -0.2) is 4.39 Å². The topological polar surface area (TPSA) is 44.8 Å². The van der Waals surface area contributed by atoms with Gasteiger partial charge < -0.3 is 14.2 Å². The van der Waals surface area contributed by atoms with Crippen LogP contribution in [0.3, 0.4) is 0 Å². The van der Waals surface area contributed by atoms with Crippen LogP contribution in [0, 0.1) is 17.7 Å². The van der Waals surface area contributed by atoms with Gasteiger partial charge in [0, 0.05) is 5.56 Å². The number of ether oxygens (including phenoxy) is 3. The van der Waals surface area contributed by atoms with Gasteiger partial charge in [-0.05, 0) is 67.6 Å². The molecule has 0 saturated heterocycles. The highest BCUT2D eigenvalue weighted by molar-refractivity contribution is 5.71. The standard InChI is InChI=1S/C24H25FO4/c1-27-22-14-11-18(15-23(22)29-21-5-3-4-6-21)19(16-24(26)28-2)10-7-17-8-12-20(25)13-9-17/h8-9,11-15,19,21H,3-6,16H2,1-2H3/t19-/m0/s1. The highest BCUT2D eigenvalue weighted by Crippen LogP contribution is 2.35. The normalized spacial score (nSPS) is 14.6. The van der Waals surface area contributed by atoms with Crippen molar-refractivity contribution in [1.82, 2.24) is 0 Å². The Hall–Kier alpha value is -3.00. The number of carbonyl (C=O) groups is 1. The van der Waals surface area contributed by atoms with Crippen LogP contribution >= 0.6 is 0 Å². The van der Waals surface area contributed by atoms with E-state index in [4.69, 9.17) is 14.2 Å². The van der Waals surface area contributed by atoms with Gasteiger partial charge in [-0.1, -0.05) is 17.9 Å². The minimum absolute atomic E-state index is 0.111. The van der Waals surface area contributed by atoms with Crippen LogP contribution in [0.2, 0.25) is 0 Å². The van der Waals surface area contributed by atoms with Crippen LogP contribution < -0.4 is 9.47 Å². The second-order valence-electron chi connectivity index (χ2n) is 7.04. The van der Waals surface area contributed by atoms with Crippen LogP contribution in [-0.2, 0) is 9.53 Å². The minimum atomic E-state index is -0.385. The first-order chi connectivity index (χ1) is 14.1. The molecule has 0 amide bonds. The molecular formula is C24H25FO4. The number of hydrogen-bond acceptors (Lipinski definition) is 4. The summed E-state index contributed by atoms with van der Waals surface area (Å²) in [7, 11) is 2.96. The number of hydrogen-bond donors (Lipinski definition) is 0. The molecule has 0 N–H and O–H groups in total. The van der Waals surface area contributed by atoms with Gasteiger partial charge >= 0.3 is 5.97 Å². The molecule has 2 aromatic carbocycles. The zero-order chi connectivity index (χ0) is 20.6. The number of benzene rings is 2.